The number of nitrogens with one attached hydrogen (secondary N) is 4. The quantitative estimate of drug-likeness (QED) is 0.208. The third-order valence-corrected chi connectivity index (χ3v) is 3.87. The van der Waals surface area contributed by atoms with Gasteiger partial charge in [0, 0.05) is 25.5 Å². The van der Waals surface area contributed by atoms with Crippen LogP contribution >= 0.6 is 24.4 Å². The van der Waals surface area contributed by atoms with Crippen LogP contribution in [0.1, 0.15) is 39.1 Å². The van der Waals surface area contributed by atoms with E-state index in [-0.39, 0.29) is 17.1 Å². The van der Waals surface area contributed by atoms with Gasteiger partial charge in [0.1, 0.15) is 0 Å². The van der Waals surface area contributed by atoms with E-state index in [1.54, 1.807) is 12.4 Å². The van der Waals surface area contributed by atoms with Crippen LogP contribution in [0.4, 0.5) is 0 Å². The predicted octanol–water partition coefficient (Wildman–Crippen LogP) is 2.58. The van der Waals surface area contributed by atoms with E-state index in [0.717, 1.165) is 35.9 Å². The second kappa shape index (κ2) is 17.2. The summed E-state index contributed by atoms with van der Waals surface area (Å²) in [5, 5.41) is 15.2. The molecule has 2 heterocycles. The van der Waals surface area contributed by atoms with Crippen LogP contribution in [0, 0.1) is 0 Å². The minimum atomic E-state index is 0. The molecule has 2 aromatic heterocycles. The second-order valence-electron chi connectivity index (χ2n) is 5.77. The largest absolute Gasteiger partial charge is 2.00 e. The molecule has 0 bridgehead atoms. The molecule has 0 fully saturated rings. The predicted molar refractivity (Wildman–Crippen MR) is 132 cm³/mol. The maximum absolute atomic E-state index is 4.97. The van der Waals surface area contributed by atoms with Gasteiger partial charge in [-0.05, 0) is 76.4 Å². The van der Waals surface area contributed by atoms with Gasteiger partial charge in [-0.25, -0.2) is 0 Å². The van der Waals surface area contributed by atoms with Crippen LogP contribution in [-0.2, 0) is 17.1 Å². The Hall–Kier alpha value is -2.46. The van der Waals surface area contributed by atoms with Crippen molar-refractivity contribution in [1.29, 1.82) is 0 Å². The molecular weight excluding hydrogens is 471 g/mol. The SMILES string of the molecule is CCNC(=S)N/N=C(\C)c1ccccn1.CCNC(=S)N/N=C(\C)c1ccccn1.[Mn+2]. The Morgan fingerprint density at radius 2 is 1.16 bits per heavy atom. The van der Waals surface area contributed by atoms with Crippen molar-refractivity contribution in [2.45, 2.75) is 27.7 Å². The molecule has 2 rings (SSSR count). The van der Waals surface area contributed by atoms with Crippen molar-refractivity contribution in [3.63, 3.8) is 0 Å². The zero-order valence-corrected chi connectivity index (χ0v) is 20.8. The summed E-state index contributed by atoms with van der Waals surface area (Å²) in [7, 11) is 0. The van der Waals surface area contributed by atoms with E-state index in [2.05, 4.69) is 41.7 Å². The summed E-state index contributed by atoms with van der Waals surface area (Å²) in [5.74, 6) is 0. The van der Waals surface area contributed by atoms with Gasteiger partial charge in [0.25, 0.3) is 0 Å². The molecule has 0 aromatic carbocycles. The maximum Gasteiger partial charge on any atom is 2.00 e. The number of aromatic nitrogens is 2. The summed E-state index contributed by atoms with van der Waals surface area (Å²) in [6.07, 6.45) is 3.47. The van der Waals surface area contributed by atoms with Gasteiger partial charge < -0.3 is 10.6 Å². The summed E-state index contributed by atoms with van der Waals surface area (Å²) >= 11 is 9.94. The van der Waals surface area contributed by atoms with Gasteiger partial charge in [0.15, 0.2) is 10.2 Å². The maximum atomic E-state index is 4.97. The van der Waals surface area contributed by atoms with Crippen LogP contribution in [0.15, 0.2) is 59.0 Å². The Balaban J connectivity index is 0.000000562. The standard InChI is InChI=1S/2C10H14N4S.Mn/c2*1-3-11-10(15)14-13-8(2)9-6-4-5-7-12-9;/h2*4-7H,3H2,1-2H3,(H2,11,14,15);/q;;+2/b2*13-8+;. The molecule has 0 unspecified atom stereocenters. The van der Waals surface area contributed by atoms with Gasteiger partial charge in [0.05, 0.1) is 22.8 Å². The summed E-state index contributed by atoms with van der Waals surface area (Å²) in [5.41, 5.74) is 8.78. The number of pyridine rings is 2. The molecule has 0 aliphatic heterocycles. The molecule has 1 radical (unpaired) electrons. The molecule has 2 aromatic rings. The topological polar surface area (TPSA) is 98.6 Å². The smallest absolute Gasteiger partial charge is 0.362 e. The van der Waals surface area contributed by atoms with E-state index in [0.29, 0.717) is 10.2 Å². The molecule has 11 heteroatoms. The van der Waals surface area contributed by atoms with Gasteiger partial charge in [-0.3, -0.25) is 20.8 Å². The van der Waals surface area contributed by atoms with Crippen molar-refractivity contribution in [1.82, 2.24) is 31.5 Å². The molecule has 0 aliphatic carbocycles. The Morgan fingerprint density at radius 3 is 1.45 bits per heavy atom. The van der Waals surface area contributed by atoms with Crippen LogP contribution in [0.3, 0.4) is 0 Å². The zero-order valence-electron chi connectivity index (χ0n) is 18.0. The number of thiocarbonyl (C=S) groups is 2. The number of hydrogen-bond acceptors (Lipinski definition) is 6. The van der Waals surface area contributed by atoms with Crippen LogP contribution in [0.25, 0.3) is 0 Å². The fourth-order valence-corrected chi connectivity index (χ4v) is 2.32. The van der Waals surface area contributed by atoms with Crippen molar-refractivity contribution in [3.8, 4) is 0 Å². The number of nitrogens with zero attached hydrogens (tertiary/aromatic N) is 4. The fraction of sp³-hybridized carbons (Fsp3) is 0.300. The van der Waals surface area contributed by atoms with Gasteiger partial charge in [0.2, 0.25) is 0 Å². The number of rotatable bonds is 6. The van der Waals surface area contributed by atoms with E-state index in [4.69, 9.17) is 24.4 Å². The molecule has 0 saturated heterocycles. The first kappa shape index (κ1) is 28.5. The average molecular weight is 500 g/mol. The van der Waals surface area contributed by atoms with Gasteiger partial charge in [-0.1, -0.05) is 12.1 Å². The Morgan fingerprint density at radius 1 is 0.774 bits per heavy atom. The van der Waals surface area contributed by atoms with Crippen molar-refractivity contribution >= 4 is 46.1 Å². The third-order valence-electron chi connectivity index (χ3n) is 3.40. The van der Waals surface area contributed by atoms with Crippen molar-refractivity contribution in [2.75, 3.05) is 13.1 Å². The Kier molecular flexibility index (Phi) is 15.9. The molecule has 0 saturated carbocycles. The van der Waals surface area contributed by atoms with E-state index in [1.165, 1.54) is 0 Å². The average Bonchev–Trinajstić information content (AvgIpc) is 2.78. The first-order valence-corrected chi connectivity index (χ1v) is 10.3. The molecule has 4 N–H and O–H groups in total. The first-order chi connectivity index (χ1) is 14.5. The molecule has 31 heavy (non-hydrogen) atoms. The van der Waals surface area contributed by atoms with Crippen molar-refractivity contribution in [3.05, 3.63) is 60.2 Å². The number of hydrazone groups is 2. The summed E-state index contributed by atoms with van der Waals surface area (Å²) in [6, 6.07) is 11.4. The minimum Gasteiger partial charge on any atom is -0.362 e. The number of hydrogen-bond donors (Lipinski definition) is 4. The van der Waals surface area contributed by atoms with Crippen LogP contribution < -0.4 is 21.5 Å². The van der Waals surface area contributed by atoms with E-state index >= 15 is 0 Å². The monoisotopic (exact) mass is 499 g/mol. The van der Waals surface area contributed by atoms with Crippen molar-refractivity contribution in [2.24, 2.45) is 10.2 Å². The first-order valence-electron chi connectivity index (χ1n) is 9.46. The van der Waals surface area contributed by atoms with Crippen LogP contribution in [-0.4, -0.2) is 44.7 Å². The molecule has 0 spiro atoms. The summed E-state index contributed by atoms with van der Waals surface area (Å²) in [4.78, 5) is 8.34. The van der Waals surface area contributed by atoms with Crippen molar-refractivity contribution < 1.29 is 17.1 Å². The Labute approximate surface area is 205 Å². The third kappa shape index (κ3) is 12.7. The van der Waals surface area contributed by atoms with Crippen LogP contribution in [0.2, 0.25) is 0 Å². The van der Waals surface area contributed by atoms with E-state index in [1.807, 2.05) is 64.1 Å². The zero-order chi connectivity index (χ0) is 22.2. The van der Waals surface area contributed by atoms with Gasteiger partial charge >= 0.3 is 17.1 Å². The molecule has 0 aliphatic rings. The molecular formula is C20H28MnN8S2+2. The second-order valence-corrected chi connectivity index (χ2v) is 6.58. The summed E-state index contributed by atoms with van der Waals surface area (Å²) < 4.78 is 0. The molecule has 165 valence electrons. The van der Waals surface area contributed by atoms with E-state index < -0.39 is 0 Å². The summed E-state index contributed by atoms with van der Waals surface area (Å²) in [6.45, 7) is 9.27. The van der Waals surface area contributed by atoms with Crippen LogP contribution in [0.5, 0.6) is 0 Å². The molecule has 8 nitrogen and oxygen atoms in total. The van der Waals surface area contributed by atoms with E-state index in [9.17, 15) is 0 Å². The Bertz CT molecular complexity index is 773. The van der Waals surface area contributed by atoms with Gasteiger partial charge in [-0.15, -0.1) is 0 Å². The van der Waals surface area contributed by atoms with Gasteiger partial charge in [-0.2, -0.15) is 10.2 Å². The normalized spacial score (nSPS) is 10.6. The minimum absolute atomic E-state index is 0. The molecule has 0 amide bonds. The fourth-order valence-electron chi connectivity index (χ4n) is 1.94. The molecule has 0 atom stereocenters.